The number of benzene rings is 1. The highest BCUT2D eigenvalue weighted by atomic mass is 15.6. The quantitative estimate of drug-likeness (QED) is 0.790. The van der Waals surface area contributed by atoms with Gasteiger partial charge in [-0.25, -0.2) is 10.0 Å². The smallest absolute Gasteiger partial charge is 0.0387 e. The Morgan fingerprint density at radius 2 is 1.55 bits per heavy atom. The van der Waals surface area contributed by atoms with Crippen molar-refractivity contribution in [3.8, 4) is 0 Å². The Morgan fingerprint density at radius 1 is 0.909 bits per heavy atom. The average molecular weight is 301 g/mol. The number of nitrogens with zero attached hydrogens (tertiary/aromatic N) is 3. The molecule has 22 heavy (non-hydrogen) atoms. The first-order valence-corrected chi connectivity index (χ1v) is 9.07. The molecule has 3 heteroatoms. The monoisotopic (exact) mass is 301 g/mol. The molecule has 3 nitrogen and oxygen atoms in total. The largest absolute Gasteiger partial charge is 0.304 e. The number of rotatable bonds is 4. The molecule has 0 atom stereocenters. The number of piperazine rings is 1. The molecule has 1 aromatic rings. The molecule has 0 aromatic heterocycles. The van der Waals surface area contributed by atoms with Crippen molar-refractivity contribution in [2.24, 2.45) is 0 Å². The molecule has 1 aromatic carbocycles. The van der Waals surface area contributed by atoms with E-state index in [1.165, 1.54) is 70.3 Å². The summed E-state index contributed by atoms with van der Waals surface area (Å²) in [5.41, 5.74) is 1.45. The fourth-order valence-corrected chi connectivity index (χ4v) is 3.84. The van der Waals surface area contributed by atoms with Gasteiger partial charge in [0.05, 0.1) is 0 Å². The second-order valence-corrected chi connectivity index (χ2v) is 6.99. The Hall–Kier alpha value is -0.900. The Balaban J connectivity index is 1.72. The Morgan fingerprint density at radius 3 is 2.18 bits per heavy atom. The van der Waals surface area contributed by atoms with Crippen LogP contribution in [-0.2, 0) is 6.54 Å². The van der Waals surface area contributed by atoms with Gasteiger partial charge in [-0.2, -0.15) is 0 Å². The highest BCUT2D eigenvalue weighted by Gasteiger charge is 2.27. The fourth-order valence-electron chi connectivity index (χ4n) is 3.84. The molecule has 2 aliphatic rings. The van der Waals surface area contributed by atoms with Gasteiger partial charge in [-0.15, -0.1) is 0 Å². The normalized spacial score (nSPS) is 22.8. The molecule has 1 aliphatic carbocycles. The summed E-state index contributed by atoms with van der Waals surface area (Å²) in [6, 6.07) is 11.8. The van der Waals surface area contributed by atoms with Crippen molar-refractivity contribution in [3.05, 3.63) is 35.9 Å². The minimum Gasteiger partial charge on any atom is -0.304 e. The lowest BCUT2D eigenvalue weighted by Gasteiger charge is -2.44. The lowest BCUT2D eigenvalue weighted by Crippen LogP contribution is -2.55. The van der Waals surface area contributed by atoms with Crippen LogP contribution in [-0.4, -0.2) is 54.2 Å². The van der Waals surface area contributed by atoms with Gasteiger partial charge in [0.1, 0.15) is 0 Å². The van der Waals surface area contributed by atoms with E-state index in [1.54, 1.807) is 0 Å². The predicted molar refractivity (Wildman–Crippen MR) is 92.5 cm³/mol. The topological polar surface area (TPSA) is 9.72 Å². The van der Waals surface area contributed by atoms with E-state index in [1.807, 2.05) is 0 Å². The van der Waals surface area contributed by atoms with Crippen LogP contribution in [0.3, 0.4) is 0 Å². The molecule has 0 N–H and O–H groups in total. The Kier molecular flexibility index (Phi) is 5.88. The maximum absolute atomic E-state index is 2.72. The third kappa shape index (κ3) is 4.31. The molecule has 0 unspecified atom stereocenters. The summed E-state index contributed by atoms with van der Waals surface area (Å²) >= 11 is 0. The molecule has 122 valence electrons. The summed E-state index contributed by atoms with van der Waals surface area (Å²) in [5.74, 6) is 0. The van der Waals surface area contributed by atoms with Gasteiger partial charge in [-0.3, -0.25) is 0 Å². The van der Waals surface area contributed by atoms with Gasteiger partial charge >= 0.3 is 0 Å². The maximum Gasteiger partial charge on any atom is 0.0387 e. The van der Waals surface area contributed by atoms with Crippen LogP contribution in [0.2, 0.25) is 0 Å². The second-order valence-electron chi connectivity index (χ2n) is 6.99. The number of hydrogen-bond donors (Lipinski definition) is 0. The van der Waals surface area contributed by atoms with Gasteiger partial charge in [0.25, 0.3) is 0 Å². The number of hydrazine groups is 1. The summed E-state index contributed by atoms with van der Waals surface area (Å²) < 4.78 is 0. The summed E-state index contributed by atoms with van der Waals surface area (Å²) in [6.45, 7) is 5.82. The van der Waals surface area contributed by atoms with Crippen LogP contribution in [0.25, 0.3) is 0 Å². The zero-order chi connectivity index (χ0) is 15.2. The van der Waals surface area contributed by atoms with E-state index in [4.69, 9.17) is 0 Å². The van der Waals surface area contributed by atoms with E-state index < -0.39 is 0 Å². The molecule has 1 saturated heterocycles. The van der Waals surface area contributed by atoms with E-state index >= 15 is 0 Å². The first-order chi connectivity index (χ1) is 10.8. The zero-order valence-electron chi connectivity index (χ0n) is 14.1. The van der Waals surface area contributed by atoms with Crippen molar-refractivity contribution in [1.29, 1.82) is 0 Å². The van der Waals surface area contributed by atoms with Crippen molar-refractivity contribution >= 4 is 0 Å². The first kappa shape index (κ1) is 16.0. The van der Waals surface area contributed by atoms with Crippen molar-refractivity contribution in [3.63, 3.8) is 0 Å². The molecule has 0 amide bonds. The third-order valence-electron chi connectivity index (χ3n) is 5.28. The fraction of sp³-hybridized carbons (Fsp3) is 0.684. The summed E-state index contributed by atoms with van der Waals surface area (Å²) in [6.07, 6.45) is 8.42. The Bertz CT molecular complexity index is 418. The van der Waals surface area contributed by atoms with Crippen LogP contribution < -0.4 is 0 Å². The molecule has 2 fully saturated rings. The van der Waals surface area contributed by atoms with Crippen LogP contribution in [0, 0.1) is 0 Å². The lowest BCUT2D eigenvalue weighted by atomic mass is 10.1. The molecule has 0 radical (unpaired) electrons. The predicted octanol–water partition coefficient (Wildman–Crippen LogP) is 3.37. The van der Waals surface area contributed by atoms with Gasteiger partial charge in [0.2, 0.25) is 0 Å². The van der Waals surface area contributed by atoms with Crippen LogP contribution >= 0.6 is 0 Å². The van der Waals surface area contributed by atoms with Crippen molar-refractivity contribution in [2.75, 3.05) is 33.2 Å². The highest BCUT2D eigenvalue weighted by Crippen LogP contribution is 2.25. The highest BCUT2D eigenvalue weighted by molar-refractivity contribution is 5.14. The summed E-state index contributed by atoms with van der Waals surface area (Å²) in [5, 5.41) is 5.36. The van der Waals surface area contributed by atoms with E-state index in [9.17, 15) is 0 Å². The lowest BCUT2D eigenvalue weighted by molar-refractivity contribution is -0.0941. The molecular weight excluding hydrogens is 270 g/mol. The molecule has 1 heterocycles. The molecule has 0 bridgehead atoms. The number of hydrogen-bond acceptors (Lipinski definition) is 3. The van der Waals surface area contributed by atoms with Crippen LogP contribution in [0.4, 0.5) is 0 Å². The van der Waals surface area contributed by atoms with Crippen molar-refractivity contribution in [2.45, 2.75) is 51.1 Å². The molecule has 0 spiro atoms. The van der Waals surface area contributed by atoms with E-state index in [2.05, 4.69) is 52.3 Å². The first-order valence-electron chi connectivity index (χ1n) is 9.07. The maximum atomic E-state index is 2.72. The van der Waals surface area contributed by atoms with E-state index in [-0.39, 0.29) is 0 Å². The Labute approximate surface area is 135 Å². The van der Waals surface area contributed by atoms with Gasteiger partial charge in [-0.05, 0) is 25.5 Å². The molecule has 1 saturated carbocycles. The number of likely N-dealkylation sites (N-methyl/N-ethyl adjacent to an activating group) is 1. The zero-order valence-corrected chi connectivity index (χ0v) is 14.1. The van der Waals surface area contributed by atoms with E-state index in [0.717, 1.165) is 12.6 Å². The van der Waals surface area contributed by atoms with Gasteiger partial charge in [0, 0.05) is 38.8 Å². The molecular formula is C19H31N3. The van der Waals surface area contributed by atoms with Crippen LogP contribution in [0.15, 0.2) is 30.3 Å². The molecule has 3 rings (SSSR count). The van der Waals surface area contributed by atoms with Gasteiger partial charge < -0.3 is 4.90 Å². The van der Waals surface area contributed by atoms with Gasteiger partial charge in [-0.1, -0.05) is 56.0 Å². The van der Waals surface area contributed by atoms with Crippen LogP contribution in [0.1, 0.15) is 44.1 Å². The SMILES string of the molecule is CN1CCN(N(Cc2ccccc2)C2CCCCCC2)CC1. The minimum atomic E-state index is 0.742. The van der Waals surface area contributed by atoms with Crippen molar-refractivity contribution in [1.82, 2.24) is 14.9 Å². The van der Waals surface area contributed by atoms with Crippen molar-refractivity contribution < 1.29 is 0 Å². The third-order valence-corrected chi connectivity index (χ3v) is 5.28. The average Bonchev–Trinajstić information content (AvgIpc) is 2.84. The standard InChI is InChI=1S/C19H31N3/c1-20-13-15-21(16-14-20)22(17-18-9-5-4-6-10-18)19-11-7-2-3-8-12-19/h4-6,9-10,19H,2-3,7-8,11-17H2,1H3. The summed E-state index contributed by atoms with van der Waals surface area (Å²) in [7, 11) is 2.24. The van der Waals surface area contributed by atoms with E-state index in [0.29, 0.717) is 0 Å². The van der Waals surface area contributed by atoms with Crippen LogP contribution in [0.5, 0.6) is 0 Å². The molecule has 1 aliphatic heterocycles. The van der Waals surface area contributed by atoms with Gasteiger partial charge in [0.15, 0.2) is 0 Å². The summed E-state index contributed by atoms with van der Waals surface area (Å²) in [4.78, 5) is 2.45. The second kappa shape index (κ2) is 8.09. The minimum absolute atomic E-state index is 0.742.